The van der Waals surface area contributed by atoms with Crippen LogP contribution in [-0.4, -0.2) is 48.7 Å². The zero-order chi connectivity index (χ0) is 24.9. The van der Waals surface area contributed by atoms with Gasteiger partial charge in [0.2, 0.25) is 0 Å². The molecule has 178 valence electrons. The lowest BCUT2D eigenvalue weighted by molar-refractivity contribution is -0.121. The normalized spacial score (nSPS) is 15.6. The third-order valence-corrected chi connectivity index (χ3v) is 6.14. The van der Waals surface area contributed by atoms with Crippen LogP contribution >= 0.6 is 11.8 Å². The average molecular weight is 491 g/mol. The van der Waals surface area contributed by atoms with Crippen LogP contribution in [0.4, 0.5) is 5.69 Å². The van der Waals surface area contributed by atoms with Gasteiger partial charge >= 0.3 is 11.9 Å². The smallest absolute Gasteiger partial charge is 0.338 e. The van der Waals surface area contributed by atoms with E-state index in [0.717, 1.165) is 5.56 Å². The number of benzene rings is 2. The molecule has 1 amide bonds. The maximum atomic E-state index is 12.8. The molecule has 3 aromatic rings. The van der Waals surface area contributed by atoms with E-state index < -0.39 is 11.9 Å². The number of aliphatic imine (C=N–C) groups is 1. The van der Waals surface area contributed by atoms with Crippen molar-refractivity contribution in [3.63, 3.8) is 0 Å². The number of esters is 2. The summed E-state index contributed by atoms with van der Waals surface area (Å²) in [4.78, 5) is 42.8. The number of amides is 1. The molecule has 4 rings (SSSR count). The van der Waals surface area contributed by atoms with Crippen molar-refractivity contribution in [3.05, 3.63) is 82.5 Å². The Hall–Kier alpha value is -4.11. The molecule has 1 aliphatic heterocycles. The number of nitrogens with zero attached hydrogens (tertiary/aromatic N) is 2. The molecule has 0 saturated carbocycles. The summed E-state index contributed by atoms with van der Waals surface area (Å²) < 4.78 is 15.7. The first-order valence-corrected chi connectivity index (χ1v) is 11.5. The van der Waals surface area contributed by atoms with Crippen molar-refractivity contribution in [1.82, 2.24) is 4.90 Å². The molecule has 0 N–H and O–H groups in total. The molecule has 0 bridgehead atoms. The van der Waals surface area contributed by atoms with Crippen LogP contribution in [0.25, 0.3) is 17.4 Å². The lowest BCUT2D eigenvalue weighted by Gasteiger charge is -2.07. The van der Waals surface area contributed by atoms with Gasteiger partial charge in [-0.25, -0.2) is 14.6 Å². The van der Waals surface area contributed by atoms with Crippen molar-refractivity contribution >= 4 is 46.5 Å². The SMILES string of the molecule is CCOC(=O)c1cccc(-c2ccc(/C=C3/SC(=Nc4ccc(C(=O)OC)cc4)N(C)C3=O)o2)c1. The Morgan fingerprint density at radius 1 is 1.06 bits per heavy atom. The quantitative estimate of drug-likeness (QED) is 0.348. The number of rotatable bonds is 6. The number of hydrogen-bond donors (Lipinski definition) is 0. The largest absolute Gasteiger partial charge is 0.465 e. The lowest BCUT2D eigenvalue weighted by Crippen LogP contribution is -2.23. The van der Waals surface area contributed by atoms with E-state index in [0.29, 0.717) is 45.0 Å². The number of carbonyl (C=O) groups excluding carboxylic acids is 3. The minimum atomic E-state index is -0.428. The molecule has 8 nitrogen and oxygen atoms in total. The molecule has 0 unspecified atom stereocenters. The topological polar surface area (TPSA) is 98.4 Å². The van der Waals surface area contributed by atoms with Crippen LogP contribution in [0.15, 0.2) is 75.0 Å². The van der Waals surface area contributed by atoms with Gasteiger partial charge in [0.15, 0.2) is 5.17 Å². The zero-order valence-corrected chi connectivity index (χ0v) is 20.1. The van der Waals surface area contributed by atoms with Gasteiger partial charge in [0.25, 0.3) is 5.91 Å². The first-order chi connectivity index (χ1) is 16.9. The Bertz CT molecular complexity index is 1340. The number of furan rings is 1. The summed E-state index contributed by atoms with van der Waals surface area (Å²) in [5, 5.41) is 0.501. The van der Waals surface area contributed by atoms with Crippen LogP contribution in [0.2, 0.25) is 0 Å². The molecular weight excluding hydrogens is 468 g/mol. The highest BCUT2D eigenvalue weighted by molar-refractivity contribution is 8.18. The van der Waals surface area contributed by atoms with E-state index in [2.05, 4.69) is 4.99 Å². The third-order valence-electron chi connectivity index (χ3n) is 5.08. The first kappa shape index (κ1) is 24.0. The molecule has 1 aromatic heterocycles. The molecule has 1 fully saturated rings. The van der Waals surface area contributed by atoms with Gasteiger partial charge in [-0.3, -0.25) is 9.69 Å². The fourth-order valence-electron chi connectivity index (χ4n) is 3.28. The van der Waals surface area contributed by atoms with Crippen molar-refractivity contribution in [1.29, 1.82) is 0 Å². The van der Waals surface area contributed by atoms with E-state index in [1.165, 1.54) is 23.8 Å². The van der Waals surface area contributed by atoms with Crippen LogP contribution in [0.5, 0.6) is 0 Å². The van der Waals surface area contributed by atoms with Gasteiger partial charge in [0.05, 0.1) is 35.4 Å². The summed E-state index contributed by atoms with van der Waals surface area (Å²) in [6.07, 6.45) is 1.66. The summed E-state index contributed by atoms with van der Waals surface area (Å²) in [6, 6.07) is 17.1. The number of carbonyl (C=O) groups is 3. The van der Waals surface area contributed by atoms with Crippen LogP contribution in [0.1, 0.15) is 33.4 Å². The Balaban J connectivity index is 1.53. The van der Waals surface area contributed by atoms with Gasteiger partial charge in [0.1, 0.15) is 11.5 Å². The van der Waals surface area contributed by atoms with Crippen molar-refractivity contribution in [2.75, 3.05) is 20.8 Å². The molecule has 35 heavy (non-hydrogen) atoms. The highest BCUT2D eigenvalue weighted by Crippen LogP contribution is 2.34. The highest BCUT2D eigenvalue weighted by Gasteiger charge is 2.30. The van der Waals surface area contributed by atoms with Crippen LogP contribution in [-0.2, 0) is 14.3 Å². The van der Waals surface area contributed by atoms with E-state index >= 15 is 0 Å². The Morgan fingerprint density at radius 2 is 1.83 bits per heavy atom. The molecule has 0 atom stereocenters. The fraction of sp³-hybridized carbons (Fsp3) is 0.154. The molecule has 0 aliphatic carbocycles. The van der Waals surface area contributed by atoms with Gasteiger partial charge in [-0.1, -0.05) is 12.1 Å². The van der Waals surface area contributed by atoms with Gasteiger partial charge in [-0.15, -0.1) is 0 Å². The Morgan fingerprint density at radius 3 is 2.54 bits per heavy atom. The summed E-state index contributed by atoms with van der Waals surface area (Å²) in [5.74, 6) is 0.0245. The summed E-state index contributed by atoms with van der Waals surface area (Å²) in [6.45, 7) is 2.05. The van der Waals surface area contributed by atoms with E-state index in [4.69, 9.17) is 13.9 Å². The number of thioether (sulfide) groups is 1. The van der Waals surface area contributed by atoms with E-state index in [-0.39, 0.29) is 5.91 Å². The standard InChI is InChI=1S/C26H22N2O6S/c1-4-33-25(31)18-7-5-6-17(14-18)21-13-12-20(34-21)15-22-23(29)28(2)26(35-22)27-19-10-8-16(9-11-19)24(30)32-3/h5-15H,4H2,1-3H3/b22-15+,27-26?. The number of likely N-dealkylation sites (N-methyl/N-ethyl adjacent to an activating group) is 1. The third kappa shape index (κ3) is 5.36. The van der Waals surface area contributed by atoms with Crippen molar-refractivity contribution < 1.29 is 28.3 Å². The van der Waals surface area contributed by atoms with Crippen molar-refractivity contribution in [2.45, 2.75) is 6.92 Å². The minimum Gasteiger partial charge on any atom is -0.465 e. The Kier molecular flexibility index (Phi) is 7.17. The van der Waals surface area contributed by atoms with Gasteiger partial charge in [0, 0.05) is 18.7 Å². The van der Waals surface area contributed by atoms with Crippen molar-refractivity contribution in [2.24, 2.45) is 4.99 Å². The molecular formula is C26H22N2O6S. The first-order valence-electron chi connectivity index (χ1n) is 10.7. The monoisotopic (exact) mass is 490 g/mol. The molecule has 1 saturated heterocycles. The second-order valence-electron chi connectivity index (χ2n) is 7.41. The summed E-state index contributed by atoms with van der Waals surface area (Å²) in [5.41, 5.74) is 2.18. The molecule has 0 radical (unpaired) electrons. The van der Waals surface area contributed by atoms with E-state index in [1.807, 2.05) is 6.07 Å². The number of hydrogen-bond acceptors (Lipinski definition) is 8. The molecule has 9 heteroatoms. The highest BCUT2D eigenvalue weighted by atomic mass is 32.2. The predicted molar refractivity (Wildman–Crippen MR) is 133 cm³/mol. The van der Waals surface area contributed by atoms with Crippen LogP contribution in [0, 0.1) is 0 Å². The zero-order valence-electron chi connectivity index (χ0n) is 19.3. The van der Waals surface area contributed by atoms with Crippen LogP contribution < -0.4 is 0 Å². The van der Waals surface area contributed by atoms with Crippen molar-refractivity contribution in [3.8, 4) is 11.3 Å². The second-order valence-corrected chi connectivity index (χ2v) is 8.42. The maximum Gasteiger partial charge on any atom is 0.338 e. The minimum absolute atomic E-state index is 0.206. The van der Waals surface area contributed by atoms with Gasteiger partial charge in [-0.05, 0) is 67.2 Å². The Labute approximate surface area is 206 Å². The average Bonchev–Trinajstić information content (AvgIpc) is 3.45. The molecule has 2 aromatic carbocycles. The van der Waals surface area contributed by atoms with Gasteiger partial charge in [-0.2, -0.15) is 0 Å². The molecule has 2 heterocycles. The maximum absolute atomic E-state index is 12.8. The molecule has 0 spiro atoms. The number of ether oxygens (including phenoxy) is 2. The number of methoxy groups -OCH3 is 1. The van der Waals surface area contributed by atoms with E-state index in [9.17, 15) is 14.4 Å². The van der Waals surface area contributed by atoms with E-state index in [1.54, 1.807) is 74.6 Å². The lowest BCUT2D eigenvalue weighted by atomic mass is 10.1. The fourth-order valence-corrected chi connectivity index (χ4v) is 4.25. The second kappa shape index (κ2) is 10.4. The molecule has 1 aliphatic rings. The summed E-state index contributed by atoms with van der Waals surface area (Å²) in [7, 11) is 2.97. The number of amidine groups is 1. The predicted octanol–water partition coefficient (Wildman–Crippen LogP) is 5.14. The van der Waals surface area contributed by atoms with Crippen LogP contribution in [0.3, 0.4) is 0 Å². The summed E-state index contributed by atoms with van der Waals surface area (Å²) >= 11 is 1.22. The van der Waals surface area contributed by atoms with Gasteiger partial charge < -0.3 is 13.9 Å².